The number of carbonyl (C=O) groups is 1. The summed E-state index contributed by atoms with van der Waals surface area (Å²) in [5.74, 6) is -2.43. The number of alkyl halides is 3. The van der Waals surface area contributed by atoms with Crippen LogP contribution in [0, 0.1) is 17.1 Å². The lowest BCUT2D eigenvalue weighted by molar-refractivity contribution is -0.143. The average molecular weight is 586 g/mol. The Morgan fingerprint density at radius 3 is 2.63 bits per heavy atom. The van der Waals surface area contributed by atoms with Crippen molar-refractivity contribution in [3.63, 3.8) is 0 Å². The van der Waals surface area contributed by atoms with E-state index in [2.05, 4.69) is 40.4 Å². The van der Waals surface area contributed by atoms with Crippen molar-refractivity contribution < 1.29 is 22.4 Å². The number of nitrogens with zero attached hydrogens (tertiary/aromatic N) is 9. The molecule has 0 aromatic carbocycles. The number of piperidine rings is 1. The number of amides is 1. The minimum Gasteiger partial charge on any atom is -0.338 e. The van der Waals surface area contributed by atoms with E-state index in [1.807, 2.05) is 27.5 Å². The zero-order valence-electron chi connectivity index (χ0n) is 21.6. The quantitative estimate of drug-likeness (QED) is 0.260. The van der Waals surface area contributed by atoms with Gasteiger partial charge in [-0.2, -0.15) is 23.5 Å². The summed E-state index contributed by atoms with van der Waals surface area (Å²) in [6.45, 7) is 1.71. The fraction of sp³-hybridized carbons (Fsp3) is 0.385. The molecule has 0 radical (unpaired) electrons. The van der Waals surface area contributed by atoms with E-state index < -0.39 is 34.7 Å². The number of hydrogen-bond donors (Lipinski definition) is 0. The monoisotopic (exact) mass is 585 g/mol. The Morgan fingerprint density at radius 1 is 1.17 bits per heavy atom. The van der Waals surface area contributed by atoms with Crippen LogP contribution in [0.2, 0.25) is 0 Å². The van der Waals surface area contributed by atoms with E-state index in [0.717, 1.165) is 34.6 Å². The van der Waals surface area contributed by atoms with Gasteiger partial charge in [0.15, 0.2) is 11.5 Å². The number of carbonyl (C=O) groups excluding carboxylic acids is 1. The Kier molecular flexibility index (Phi) is 6.74. The first kappa shape index (κ1) is 27.2. The van der Waals surface area contributed by atoms with Crippen molar-refractivity contribution in [3.05, 3.63) is 60.3 Å². The number of likely N-dealkylation sites (tertiary alicyclic amines) is 2. The number of hydrogen-bond acceptors (Lipinski definition) is 7. The first-order chi connectivity index (χ1) is 19.6. The maximum Gasteiger partial charge on any atom is 0.436 e. The summed E-state index contributed by atoms with van der Waals surface area (Å²) in [4.78, 5) is 28.3. The molecule has 0 aliphatic carbocycles. The van der Waals surface area contributed by atoms with Gasteiger partial charge in [0.25, 0.3) is 5.91 Å². The van der Waals surface area contributed by atoms with E-state index >= 15 is 0 Å². The highest BCUT2D eigenvalue weighted by Crippen LogP contribution is 2.38. The third kappa shape index (κ3) is 4.73. The van der Waals surface area contributed by atoms with Gasteiger partial charge in [-0.1, -0.05) is 0 Å². The van der Waals surface area contributed by atoms with Crippen LogP contribution < -0.4 is 0 Å². The lowest BCUT2D eigenvalue weighted by atomic mass is 9.83. The highest BCUT2D eigenvalue weighted by molar-refractivity contribution is 7.14. The topological polar surface area (TPSA) is 109 Å². The van der Waals surface area contributed by atoms with Crippen molar-refractivity contribution >= 4 is 26.3 Å². The SMILES string of the molecule is N#CCC1(n2cc(-c3ncnc4c3ccn4P)cn2)CN(C2CCN(C(=O)c3ccnc(C(F)(F)F)c3F)CC2)C1. The van der Waals surface area contributed by atoms with Gasteiger partial charge < -0.3 is 9.24 Å². The van der Waals surface area contributed by atoms with Crippen molar-refractivity contribution in [3.8, 4) is 17.3 Å². The molecule has 2 aliphatic heterocycles. The molecule has 15 heteroatoms. The summed E-state index contributed by atoms with van der Waals surface area (Å²) >= 11 is 0. The molecule has 4 aromatic rings. The van der Waals surface area contributed by atoms with E-state index in [1.54, 1.807) is 6.20 Å². The van der Waals surface area contributed by atoms with Crippen LogP contribution in [0.15, 0.2) is 43.2 Å². The van der Waals surface area contributed by atoms with Gasteiger partial charge in [0.05, 0.1) is 29.9 Å². The van der Waals surface area contributed by atoms with Gasteiger partial charge in [0, 0.05) is 61.8 Å². The van der Waals surface area contributed by atoms with Gasteiger partial charge in [-0.05, 0) is 34.4 Å². The summed E-state index contributed by atoms with van der Waals surface area (Å²) in [5.41, 5.74) is -0.517. The van der Waals surface area contributed by atoms with E-state index in [1.165, 1.54) is 11.2 Å². The van der Waals surface area contributed by atoms with Gasteiger partial charge >= 0.3 is 6.18 Å². The summed E-state index contributed by atoms with van der Waals surface area (Å²) in [6.07, 6.45) is 4.22. The van der Waals surface area contributed by atoms with Crippen molar-refractivity contribution in [2.24, 2.45) is 0 Å². The second-order valence-electron chi connectivity index (χ2n) is 10.4. The summed E-state index contributed by atoms with van der Waals surface area (Å²) in [7, 11) is 2.58. The molecule has 10 nitrogen and oxygen atoms in total. The van der Waals surface area contributed by atoms with Crippen LogP contribution in [0.1, 0.15) is 35.3 Å². The largest absolute Gasteiger partial charge is 0.436 e. The van der Waals surface area contributed by atoms with Crippen LogP contribution in [-0.2, 0) is 11.7 Å². The molecule has 212 valence electrons. The third-order valence-corrected chi connectivity index (χ3v) is 8.33. The molecule has 1 unspecified atom stereocenters. The van der Waals surface area contributed by atoms with E-state index in [4.69, 9.17) is 0 Å². The highest BCUT2D eigenvalue weighted by Gasteiger charge is 2.48. The lowest BCUT2D eigenvalue weighted by Crippen LogP contribution is -2.66. The first-order valence-corrected chi connectivity index (χ1v) is 13.4. The lowest BCUT2D eigenvalue weighted by Gasteiger charge is -2.53. The molecule has 0 saturated carbocycles. The Bertz CT molecular complexity index is 1660. The fourth-order valence-electron chi connectivity index (χ4n) is 5.77. The molecule has 1 atom stereocenters. The van der Waals surface area contributed by atoms with Crippen LogP contribution in [0.25, 0.3) is 22.3 Å². The van der Waals surface area contributed by atoms with Gasteiger partial charge in [-0.3, -0.25) is 14.4 Å². The Balaban J connectivity index is 1.12. The highest BCUT2D eigenvalue weighted by atomic mass is 31.0. The van der Waals surface area contributed by atoms with E-state index in [9.17, 15) is 27.6 Å². The molecule has 4 aromatic heterocycles. The number of fused-ring (bicyclic) bond motifs is 1. The van der Waals surface area contributed by atoms with Gasteiger partial charge in [0.1, 0.15) is 17.5 Å². The van der Waals surface area contributed by atoms with Crippen molar-refractivity contribution in [2.75, 3.05) is 26.2 Å². The van der Waals surface area contributed by atoms with Crippen molar-refractivity contribution in [1.82, 2.24) is 38.9 Å². The molecule has 2 fully saturated rings. The molecule has 2 saturated heterocycles. The smallest absolute Gasteiger partial charge is 0.338 e. The fourth-order valence-corrected chi connectivity index (χ4v) is 6.06. The molecule has 0 spiro atoms. The molecular formula is C26H24F4N9OP. The molecule has 6 rings (SSSR count). The van der Waals surface area contributed by atoms with Crippen LogP contribution >= 0.6 is 9.39 Å². The van der Waals surface area contributed by atoms with E-state index in [0.29, 0.717) is 25.9 Å². The van der Waals surface area contributed by atoms with Crippen LogP contribution in [0.5, 0.6) is 0 Å². The minimum atomic E-state index is -4.99. The average Bonchev–Trinajstić information content (AvgIpc) is 3.57. The molecule has 0 bridgehead atoms. The van der Waals surface area contributed by atoms with Gasteiger partial charge in [0.2, 0.25) is 0 Å². The van der Waals surface area contributed by atoms with Crippen LogP contribution in [0.4, 0.5) is 17.6 Å². The number of nitriles is 1. The predicted molar refractivity (Wildman–Crippen MR) is 142 cm³/mol. The zero-order chi connectivity index (χ0) is 28.9. The van der Waals surface area contributed by atoms with Crippen LogP contribution in [-0.4, -0.2) is 77.0 Å². The molecular weight excluding hydrogens is 561 g/mol. The van der Waals surface area contributed by atoms with Crippen molar-refractivity contribution in [2.45, 2.75) is 37.0 Å². The Morgan fingerprint density at radius 2 is 1.93 bits per heavy atom. The zero-order valence-corrected chi connectivity index (χ0v) is 22.7. The van der Waals surface area contributed by atoms with Gasteiger partial charge in [-0.25, -0.2) is 19.3 Å². The molecule has 6 heterocycles. The summed E-state index contributed by atoms with van der Waals surface area (Å²) < 4.78 is 57.3. The summed E-state index contributed by atoms with van der Waals surface area (Å²) in [6, 6.07) is 5.30. The molecule has 2 aliphatic rings. The van der Waals surface area contributed by atoms with E-state index in [-0.39, 0.29) is 25.6 Å². The van der Waals surface area contributed by atoms with Gasteiger partial charge in [-0.15, -0.1) is 0 Å². The third-order valence-electron chi connectivity index (χ3n) is 7.91. The maximum absolute atomic E-state index is 14.5. The summed E-state index contributed by atoms with van der Waals surface area (Å²) in [5, 5.41) is 15.1. The standard InChI is InChI=1S/C26H24F4N9OP/c27-20-18(1-7-32-22(20)26(28,29)30)24(40)36-8-2-17(3-9-36)37-13-25(14-37,5-6-31)39-12-16(11-35-39)21-19-4-10-38(41)23(19)34-15-33-21/h1,4,7,10-12,15,17H,2-3,5,8-9,13-14,41H2. The number of pyridine rings is 1. The Labute approximate surface area is 233 Å². The van der Waals surface area contributed by atoms with Crippen LogP contribution in [0.3, 0.4) is 0 Å². The normalized spacial score (nSPS) is 17.9. The Hall–Kier alpha value is -3.95. The number of rotatable bonds is 5. The second-order valence-corrected chi connectivity index (χ2v) is 10.9. The molecule has 0 N–H and O–H groups in total. The van der Waals surface area contributed by atoms with Crippen molar-refractivity contribution in [1.29, 1.82) is 5.26 Å². The number of halogens is 4. The molecule has 1 amide bonds. The first-order valence-electron chi connectivity index (χ1n) is 12.9. The second kappa shape index (κ2) is 10.2. The predicted octanol–water partition coefficient (Wildman–Crippen LogP) is 3.72. The molecule has 41 heavy (non-hydrogen) atoms. The maximum atomic E-state index is 14.5. The number of aromatic nitrogens is 6. The minimum absolute atomic E-state index is 0.109.